The van der Waals surface area contributed by atoms with Crippen LogP contribution < -0.4 is 16.0 Å². The third-order valence-corrected chi connectivity index (χ3v) is 2.77. The molecule has 4 nitrogen and oxygen atoms in total. The predicted octanol–water partition coefficient (Wildman–Crippen LogP) is 1.02. The van der Waals surface area contributed by atoms with Crippen LogP contribution in [0.25, 0.3) is 0 Å². The fourth-order valence-corrected chi connectivity index (χ4v) is 1.77. The molecule has 0 saturated carbocycles. The molecule has 0 amide bonds. The predicted molar refractivity (Wildman–Crippen MR) is 64.7 cm³/mol. The second kappa shape index (κ2) is 4.26. The number of nitrogens with one attached hydrogen (secondary N) is 1. The van der Waals surface area contributed by atoms with E-state index in [-0.39, 0.29) is 0 Å². The Hall–Kier alpha value is -1.97. The maximum absolute atomic E-state index is 5.89. The summed E-state index contributed by atoms with van der Waals surface area (Å²) in [5, 5.41) is 0. The number of hydrogen-bond acceptors (Lipinski definition) is 2. The highest BCUT2D eigenvalue weighted by Gasteiger charge is 2.06. The van der Waals surface area contributed by atoms with Crippen molar-refractivity contribution in [2.75, 3.05) is 11.5 Å². The second-order valence-electron chi connectivity index (χ2n) is 3.95. The Kier molecular flexibility index (Phi) is 2.81. The Labute approximate surface area is 94.9 Å². The highest BCUT2D eigenvalue weighted by Crippen LogP contribution is 2.15. The van der Waals surface area contributed by atoms with Crippen LogP contribution >= 0.6 is 0 Å². The van der Waals surface area contributed by atoms with E-state index in [4.69, 9.17) is 11.5 Å². The van der Waals surface area contributed by atoms with Crippen LogP contribution in [0.4, 0.5) is 11.4 Å². The summed E-state index contributed by atoms with van der Waals surface area (Å²) in [6, 6.07) is 5.63. The van der Waals surface area contributed by atoms with Gasteiger partial charge >= 0.3 is 0 Å². The van der Waals surface area contributed by atoms with E-state index >= 15 is 0 Å². The molecular weight excluding hydrogens is 200 g/mol. The molecule has 1 aromatic carbocycles. The molecule has 0 bridgehead atoms. The minimum atomic E-state index is 0.764. The molecule has 0 fully saturated rings. The highest BCUT2D eigenvalue weighted by atomic mass is 15.0. The Morgan fingerprint density at radius 1 is 1.31 bits per heavy atom. The lowest BCUT2D eigenvalue weighted by Gasteiger charge is -2.05. The van der Waals surface area contributed by atoms with Gasteiger partial charge in [-0.25, -0.2) is 9.55 Å². The first-order chi connectivity index (χ1) is 7.66. The van der Waals surface area contributed by atoms with E-state index in [1.54, 1.807) is 0 Å². The molecule has 1 aromatic heterocycles. The SMILES string of the molecule is Cc1[nH]cc[n+]1CCc1cc(N)ccc1N. The molecule has 0 saturated heterocycles. The molecule has 0 atom stereocenters. The van der Waals surface area contributed by atoms with E-state index in [0.29, 0.717) is 0 Å². The standard InChI is InChI=1S/C12H16N4/c1-9-15-5-7-16(9)6-4-10-8-11(13)2-3-12(10)14/h2-3,5,7-8H,4,6,13-14H2,1H3/p+1. The Morgan fingerprint density at radius 3 is 2.81 bits per heavy atom. The van der Waals surface area contributed by atoms with Crippen molar-refractivity contribution in [3.8, 4) is 0 Å². The van der Waals surface area contributed by atoms with E-state index in [9.17, 15) is 0 Å². The number of nitrogen functional groups attached to an aromatic ring is 2. The molecule has 5 N–H and O–H groups in total. The zero-order chi connectivity index (χ0) is 11.5. The number of aromatic amines is 1. The first-order valence-corrected chi connectivity index (χ1v) is 5.34. The summed E-state index contributed by atoms with van der Waals surface area (Å²) >= 11 is 0. The van der Waals surface area contributed by atoms with Gasteiger partial charge in [0, 0.05) is 24.7 Å². The van der Waals surface area contributed by atoms with Crippen molar-refractivity contribution in [2.45, 2.75) is 19.9 Å². The van der Waals surface area contributed by atoms with E-state index in [1.165, 1.54) is 0 Å². The lowest BCUT2D eigenvalue weighted by molar-refractivity contribution is -0.701. The maximum Gasteiger partial charge on any atom is 0.251 e. The van der Waals surface area contributed by atoms with Crippen LogP contribution in [0.15, 0.2) is 30.6 Å². The van der Waals surface area contributed by atoms with Crippen molar-refractivity contribution in [3.05, 3.63) is 42.0 Å². The molecule has 0 spiro atoms. The molecule has 84 valence electrons. The van der Waals surface area contributed by atoms with Crippen LogP contribution in [0, 0.1) is 6.92 Å². The van der Waals surface area contributed by atoms with Crippen LogP contribution in [0.2, 0.25) is 0 Å². The molecule has 0 aliphatic rings. The summed E-state index contributed by atoms with van der Waals surface area (Å²) < 4.78 is 2.16. The first kappa shape index (κ1) is 10.5. The average molecular weight is 217 g/mol. The summed E-state index contributed by atoms with van der Waals surface area (Å²) in [6.07, 6.45) is 4.84. The molecule has 2 aromatic rings. The maximum atomic E-state index is 5.89. The van der Waals surface area contributed by atoms with Gasteiger partial charge in [0.15, 0.2) is 0 Å². The Morgan fingerprint density at radius 2 is 2.12 bits per heavy atom. The highest BCUT2D eigenvalue weighted by molar-refractivity contribution is 5.55. The van der Waals surface area contributed by atoms with Crippen LogP contribution in [-0.4, -0.2) is 4.98 Å². The number of aryl methyl sites for hydroxylation is 3. The number of benzene rings is 1. The van der Waals surface area contributed by atoms with Crippen molar-refractivity contribution in [3.63, 3.8) is 0 Å². The smallest absolute Gasteiger partial charge is 0.251 e. The Bertz CT molecular complexity index is 488. The van der Waals surface area contributed by atoms with Gasteiger partial charge in [-0.1, -0.05) is 0 Å². The van der Waals surface area contributed by atoms with Gasteiger partial charge in [0.25, 0.3) is 5.82 Å². The van der Waals surface area contributed by atoms with Crippen LogP contribution in [0.5, 0.6) is 0 Å². The van der Waals surface area contributed by atoms with Gasteiger partial charge in [-0.2, -0.15) is 0 Å². The zero-order valence-electron chi connectivity index (χ0n) is 9.40. The number of imidazole rings is 1. The van der Waals surface area contributed by atoms with Crippen LogP contribution in [0.3, 0.4) is 0 Å². The molecule has 0 radical (unpaired) electrons. The summed E-state index contributed by atoms with van der Waals surface area (Å²) in [7, 11) is 0. The van der Waals surface area contributed by atoms with Gasteiger partial charge in [0.2, 0.25) is 0 Å². The molecule has 0 unspecified atom stereocenters. The number of nitrogens with zero attached hydrogens (tertiary/aromatic N) is 1. The average Bonchev–Trinajstić information content (AvgIpc) is 2.66. The quantitative estimate of drug-likeness (QED) is 0.530. The van der Waals surface area contributed by atoms with Gasteiger partial charge in [-0.05, 0) is 23.8 Å². The molecule has 1 heterocycles. The summed E-state index contributed by atoms with van der Waals surface area (Å²) in [4.78, 5) is 3.14. The number of hydrogen-bond donors (Lipinski definition) is 3. The molecule has 0 aliphatic heterocycles. The summed E-state index contributed by atoms with van der Waals surface area (Å²) in [5.41, 5.74) is 14.3. The van der Waals surface area contributed by atoms with Gasteiger partial charge in [0.1, 0.15) is 12.4 Å². The fourth-order valence-electron chi connectivity index (χ4n) is 1.77. The molecule has 16 heavy (non-hydrogen) atoms. The summed E-state index contributed by atoms with van der Waals surface area (Å²) in [5.74, 6) is 1.14. The zero-order valence-corrected chi connectivity index (χ0v) is 9.40. The normalized spacial score (nSPS) is 10.6. The lowest BCUT2D eigenvalue weighted by atomic mass is 10.1. The van der Waals surface area contributed by atoms with Gasteiger partial charge < -0.3 is 11.5 Å². The minimum absolute atomic E-state index is 0.764. The van der Waals surface area contributed by atoms with E-state index in [0.717, 1.165) is 35.7 Å². The van der Waals surface area contributed by atoms with E-state index in [1.807, 2.05) is 37.5 Å². The van der Waals surface area contributed by atoms with Crippen molar-refractivity contribution in [1.82, 2.24) is 4.98 Å². The number of aromatic nitrogens is 2. The van der Waals surface area contributed by atoms with Gasteiger partial charge in [0.05, 0.1) is 6.54 Å². The van der Waals surface area contributed by atoms with Crippen molar-refractivity contribution in [1.29, 1.82) is 0 Å². The van der Waals surface area contributed by atoms with Crippen molar-refractivity contribution in [2.24, 2.45) is 0 Å². The van der Waals surface area contributed by atoms with E-state index < -0.39 is 0 Å². The topological polar surface area (TPSA) is 71.7 Å². The van der Waals surface area contributed by atoms with Crippen LogP contribution in [-0.2, 0) is 13.0 Å². The minimum Gasteiger partial charge on any atom is -0.399 e. The number of nitrogens with two attached hydrogens (primary N) is 2. The molecular formula is C12H17N4+. The van der Waals surface area contributed by atoms with Gasteiger partial charge in [-0.3, -0.25) is 0 Å². The molecule has 2 rings (SSSR count). The van der Waals surface area contributed by atoms with Crippen LogP contribution in [0.1, 0.15) is 11.4 Å². The molecule has 0 aliphatic carbocycles. The lowest BCUT2D eigenvalue weighted by Crippen LogP contribution is -2.35. The van der Waals surface area contributed by atoms with E-state index in [2.05, 4.69) is 9.55 Å². The number of rotatable bonds is 3. The Balaban J connectivity index is 2.10. The van der Waals surface area contributed by atoms with Gasteiger partial charge in [-0.15, -0.1) is 0 Å². The third-order valence-electron chi connectivity index (χ3n) is 2.77. The third kappa shape index (κ3) is 2.16. The number of H-pyrrole nitrogens is 1. The second-order valence-corrected chi connectivity index (χ2v) is 3.95. The largest absolute Gasteiger partial charge is 0.399 e. The number of anilines is 2. The monoisotopic (exact) mass is 217 g/mol. The van der Waals surface area contributed by atoms with Crippen molar-refractivity contribution < 1.29 is 4.57 Å². The molecule has 4 heteroatoms. The first-order valence-electron chi connectivity index (χ1n) is 5.34. The van der Waals surface area contributed by atoms with Crippen molar-refractivity contribution >= 4 is 11.4 Å². The summed E-state index contributed by atoms with van der Waals surface area (Å²) in [6.45, 7) is 2.95. The fraction of sp³-hybridized carbons (Fsp3) is 0.250.